The van der Waals surface area contributed by atoms with E-state index in [1.807, 2.05) is 18.3 Å². The van der Waals surface area contributed by atoms with E-state index in [1.165, 1.54) is 0 Å². The Labute approximate surface area is 93.2 Å². The van der Waals surface area contributed by atoms with Gasteiger partial charge >= 0.3 is 0 Å². The fraction of sp³-hybridized carbons (Fsp3) is 0. The summed E-state index contributed by atoms with van der Waals surface area (Å²) in [5, 5.41) is 0. The Hall–Kier alpha value is -0.690. The second-order valence-electron chi connectivity index (χ2n) is 2.43. The molecule has 2 N–H and O–H groups in total. The monoisotopic (exact) mass is 303 g/mol. The summed E-state index contributed by atoms with van der Waals surface area (Å²) in [4.78, 5) is 9.40. The average Bonchev–Trinajstić information content (AvgIpc) is 2.52. The van der Waals surface area contributed by atoms with Crippen molar-refractivity contribution in [1.82, 2.24) is 9.97 Å². The van der Waals surface area contributed by atoms with E-state index in [9.17, 15) is 0 Å². The summed E-state index contributed by atoms with van der Waals surface area (Å²) in [6, 6.07) is 5.60. The summed E-state index contributed by atoms with van der Waals surface area (Å²) in [5.41, 5.74) is 6.46. The van der Waals surface area contributed by atoms with Crippen molar-refractivity contribution in [1.29, 1.82) is 0 Å². The van der Waals surface area contributed by atoms with Crippen molar-refractivity contribution in [2.24, 2.45) is 0 Å². The predicted octanol–water partition coefficient (Wildman–Crippen LogP) is 2.39. The van der Waals surface area contributed by atoms with E-state index >= 15 is 0 Å². The third-order valence-corrected chi connectivity index (χ3v) is 3.25. The highest BCUT2D eigenvalue weighted by Crippen LogP contribution is 2.25. The Morgan fingerprint density at radius 1 is 1.38 bits per heavy atom. The van der Waals surface area contributed by atoms with Gasteiger partial charge in [-0.2, -0.15) is 0 Å². The van der Waals surface area contributed by atoms with E-state index in [2.05, 4.69) is 32.6 Å². The van der Waals surface area contributed by atoms with Crippen LogP contribution in [0.1, 0.15) is 0 Å². The first-order valence-electron chi connectivity index (χ1n) is 3.60. The largest absolute Gasteiger partial charge is 0.384 e. The van der Waals surface area contributed by atoms with Gasteiger partial charge < -0.3 is 5.73 Å². The van der Waals surface area contributed by atoms with E-state index in [0.29, 0.717) is 5.82 Å². The number of aromatic nitrogens is 2. The molecule has 0 fully saturated rings. The van der Waals surface area contributed by atoms with Gasteiger partial charge in [0.2, 0.25) is 0 Å². The van der Waals surface area contributed by atoms with Gasteiger partial charge in [-0.05, 0) is 34.7 Å². The molecule has 0 aromatic carbocycles. The highest BCUT2D eigenvalue weighted by molar-refractivity contribution is 14.1. The molecule has 66 valence electrons. The highest BCUT2D eigenvalue weighted by atomic mass is 127. The molecule has 0 spiro atoms. The molecule has 0 bridgehead atoms. The zero-order chi connectivity index (χ0) is 9.26. The van der Waals surface area contributed by atoms with Gasteiger partial charge in [0.05, 0.1) is 10.6 Å². The van der Waals surface area contributed by atoms with Gasteiger partial charge in [-0.1, -0.05) is 6.07 Å². The van der Waals surface area contributed by atoms with Crippen LogP contribution < -0.4 is 5.73 Å². The lowest BCUT2D eigenvalue weighted by Crippen LogP contribution is -1.89. The fourth-order valence-corrected chi connectivity index (χ4v) is 2.42. The molecule has 3 nitrogen and oxygen atoms in total. The topological polar surface area (TPSA) is 51.8 Å². The lowest BCUT2D eigenvalue weighted by molar-refractivity contribution is 1.33. The van der Waals surface area contributed by atoms with Crippen molar-refractivity contribution in [3.05, 3.63) is 27.4 Å². The van der Waals surface area contributed by atoms with Gasteiger partial charge in [-0.3, -0.25) is 0 Å². The number of nitrogen functional groups attached to an aromatic ring is 1. The number of halogens is 1. The number of hydrogen-bond acceptors (Lipinski definition) is 4. The Balaban J connectivity index is 2.46. The standard InChI is InChI=1S/C8H6IN3S/c9-8-11-4-6(13-8)5-2-1-3-7(10)12-5/h1-4H,(H2,10,12). The van der Waals surface area contributed by atoms with Gasteiger partial charge in [0.25, 0.3) is 0 Å². The van der Waals surface area contributed by atoms with Crippen molar-refractivity contribution in [2.75, 3.05) is 5.73 Å². The molecule has 0 amide bonds. The maximum Gasteiger partial charge on any atom is 0.154 e. The second-order valence-corrected chi connectivity index (χ2v) is 5.21. The molecule has 2 aromatic heterocycles. The van der Waals surface area contributed by atoms with Crippen molar-refractivity contribution < 1.29 is 0 Å². The van der Waals surface area contributed by atoms with Crippen LogP contribution in [0.5, 0.6) is 0 Å². The molecule has 2 aromatic rings. The molecule has 0 radical (unpaired) electrons. The molecular formula is C8H6IN3S. The van der Waals surface area contributed by atoms with Crippen LogP contribution in [-0.4, -0.2) is 9.97 Å². The minimum atomic E-state index is 0.543. The van der Waals surface area contributed by atoms with E-state index in [-0.39, 0.29) is 0 Å². The van der Waals surface area contributed by atoms with E-state index in [4.69, 9.17) is 5.73 Å². The smallest absolute Gasteiger partial charge is 0.154 e. The van der Waals surface area contributed by atoms with Crippen molar-refractivity contribution >= 4 is 39.7 Å². The molecular weight excluding hydrogens is 297 g/mol. The molecule has 0 saturated carbocycles. The summed E-state index contributed by atoms with van der Waals surface area (Å²) < 4.78 is 1.01. The zero-order valence-corrected chi connectivity index (χ0v) is 9.54. The first-order valence-corrected chi connectivity index (χ1v) is 5.49. The third-order valence-electron chi connectivity index (χ3n) is 1.50. The van der Waals surface area contributed by atoms with E-state index in [1.54, 1.807) is 17.4 Å². The van der Waals surface area contributed by atoms with Crippen molar-refractivity contribution in [3.63, 3.8) is 0 Å². The van der Waals surface area contributed by atoms with Crippen LogP contribution in [0.4, 0.5) is 5.82 Å². The number of pyridine rings is 1. The maximum atomic E-state index is 5.57. The van der Waals surface area contributed by atoms with Gasteiger partial charge in [-0.25, -0.2) is 9.97 Å². The summed E-state index contributed by atoms with van der Waals surface area (Å²) in [5.74, 6) is 0.543. The summed E-state index contributed by atoms with van der Waals surface area (Å²) in [7, 11) is 0. The van der Waals surface area contributed by atoms with E-state index in [0.717, 1.165) is 13.6 Å². The molecule has 0 aliphatic carbocycles. The summed E-state index contributed by atoms with van der Waals surface area (Å²) in [6.45, 7) is 0. The van der Waals surface area contributed by atoms with Crippen LogP contribution in [0.2, 0.25) is 0 Å². The Bertz CT molecular complexity index is 427. The quantitative estimate of drug-likeness (QED) is 0.823. The molecule has 0 atom stereocenters. The SMILES string of the molecule is Nc1cccc(-c2cnc(I)s2)n1. The normalized spacial score (nSPS) is 10.2. The molecule has 2 heterocycles. The minimum Gasteiger partial charge on any atom is -0.384 e. The summed E-state index contributed by atoms with van der Waals surface area (Å²) >= 11 is 3.79. The van der Waals surface area contributed by atoms with Crippen molar-refractivity contribution in [3.8, 4) is 10.6 Å². The van der Waals surface area contributed by atoms with Gasteiger partial charge in [0, 0.05) is 6.20 Å². The van der Waals surface area contributed by atoms with Gasteiger partial charge in [0.1, 0.15) is 5.82 Å². The predicted molar refractivity (Wildman–Crippen MR) is 62.5 cm³/mol. The number of anilines is 1. The Kier molecular flexibility index (Phi) is 2.45. The van der Waals surface area contributed by atoms with Crippen LogP contribution in [0.15, 0.2) is 24.4 Å². The number of nitrogens with zero attached hydrogens (tertiary/aromatic N) is 2. The van der Waals surface area contributed by atoms with Gasteiger partial charge in [0.15, 0.2) is 3.01 Å². The zero-order valence-electron chi connectivity index (χ0n) is 6.57. The van der Waals surface area contributed by atoms with Crippen molar-refractivity contribution in [2.45, 2.75) is 0 Å². The van der Waals surface area contributed by atoms with Gasteiger partial charge in [-0.15, -0.1) is 11.3 Å². The highest BCUT2D eigenvalue weighted by Gasteiger charge is 2.03. The molecule has 0 saturated heterocycles. The van der Waals surface area contributed by atoms with Crippen LogP contribution >= 0.6 is 33.9 Å². The van der Waals surface area contributed by atoms with Crippen LogP contribution in [0.25, 0.3) is 10.6 Å². The molecule has 2 rings (SSSR count). The van der Waals surface area contributed by atoms with Crippen LogP contribution in [0.3, 0.4) is 0 Å². The molecule has 5 heteroatoms. The molecule has 13 heavy (non-hydrogen) atoms. The lowest BCUT2D eigenvalue weighted by atomic mass is 10.3. The fourth-order valence-electron chi connectivity index (χ4n) is 0.960. The van der Waals surface area contributed by atoms with E-state index < -0.39 is 0 Å². The average molecular weight is 303 g/mol. The third kappa shape index (κ3) is 1.97. The number of rotatable bonds is 1. The molecule has 0 aliphatic rings. The molecule has 0 unspecified atom stereocenters. The van der Waals surface area contributed by atoms with Crippen LogP contribution in [-0.2, 0) is 0 Å². The Morgan fingerprint density at radius 3 is 2.85 bits per heavy atom. The first kappa shape index (κ1) is 8.89. The summed E-state index contributed by atoms with van der Waals surface area (Å²) in [6.07, 6.45) is 1.81. The second kappa shape index (κ2) is 3.59. The Morgan fingerprint density at radius 2 is 2.23 bits per heavy atom. The number of hydrogen-bond donors (Lipinski definition) is 1. The number of thiazole rings is 1. The first-order chi connectivity index (χ1) is 6.25. The lowest BCUT2D eigenvalue weighted by Gasteiger charge is -1.95. The molecule has 0 aliphatic heterocycles. The van der Waals surface area contributed by atoms with Crippen LogP contribution in [0, 0.1) is 3.01 Å². The number of nitrogens with two attached hydrogens (primary N) is 1. The minimum absolute atomic E-state index is 0.543. The maximum absolute atomic E-state index is 5.57.